The molecule has 0 spiro atoms. The quantitative estimate of drug-likeness (QED) is 0.166. The minimum Gasteiger partial charge on any atom is -0.497 e. The van der Waals surface area contributed by atoms with E-state index >= 15 is 0 Å². The van der Waals surface area contributed by atoms with Gasteiger partial charge in [0.25, 0.3) is 11.8 Å². The average Bonchev–Trinajstić information content (AvgIpc) is 3.56. The summed E-state index contributed by atoms with van der Waals surface area (Å²) in [5, 5.41) is 20.0. The zero-order chi connectivity index (χ0) is 28.6. The van der Waals surface area contributed by atoms with Crippen LogP contribution in [0, 0.1) is 11.6 Å². The Morgan fingerprint density at radius 3 is 2.73 bits per heavy atom. The molecule has 4 aromatic rings. The summed E-state index contributed by atoms with van der Waals surface area (Å²) in [5.41, 5.74) is 5.57. The molecule has 16 heteroatoms. The molecule has 0 saturated carbocycles. The third kappa shape index (κ3) is 6.85. The molecule has 0 fully saturated rings. The van der Waals surface area contributed by atoms with Gasteiger partial charge in [-0.05, 0) is 24.3 Å². The summed E-state index contributed by atoms with van der Waals surface area (Å²) < 4.78 is 44.5. The largest absolute Gasteiger partial charge is 0.497 e. The van der Waals surface area contributed by atoms with Crippen molar-refractivity contribution in [3.63, 3.8) is 0 Å². The number of nitrogen functional groups attached to an aromatic ring is 1. The number of thiazole rings is 1. The molecule has 2 aromatic carbocycles. The van der Waals surface area contributed by atoms with E-state index in [2.05, 4.69) is 31.1 Å². The first kappa shape index (κ1) is 28.3. The van der Waals surface area contributed by atoms with Crippen LogP contribution in [0.2, 0.25) is 0 Å². The second-order valence-corrected chi connectivity index (χ2v) is 8.87. The highest BCUT2D eigenvalue weighted by Crippen LogP contribution is 2.35. The van der Waals surface area contributed by atoms with Crippen LogP contribution in [-0.2, 0) is 4.74 Å². The number of hydrogen-bond donors (Lipinski definition) is 5. The first-order valence-corrected chi connectivity index (χ1v) is 12.4. The van der Waals surface area contributed by atoms with Gasteiger partial charge in [0.15, 0.2) is 5.13 Å². The molecule has 0 aliphatic heterocycles. The Hall–Kier alpha value is -4.67. The van der Waals surface area contributed by atoms with Crippen LogP contribution in [-0.4, -0.2) is 65.6 Å². The number of amides is 3. The van der Waals surface area contributed by atoms with Crippen LogP contribution in [0.3, 0.4) is 0 Å². The molecule has 4 rings (SSSR count). The summed E-state index contributed by atoms with van der Waals surface area (Å²) in [6, 6.07) is 7.25. The number of hydrogen-bond acceptors (Lipinski definition) is 11. The lowest BCUT2D eigenvalue weighted by Crippen LogP contribution is -2.31. The molecular formula is C24H23F2N7O6S. The normalized spacial score (nSPS) is 10.8. The number of nitrogens with two attached hydrogens (primary N) is 1. The Labute approximate surface area is 229 Å². The van der Waals surface area contributed by atoms with E-state index in [0.29, 0.717) is 11.8 Å². The number of aliphatic hydroxyl groups is 1. The number of aliphatic hydroxyl groups excluding tert-OH is 1. The van der Waals surface area contributed by atoms with E-state index in [1.807, 2.05) is 0 Å². The number of methoxy groups -OCH3 is 1. The second-order valence-electron chi connectivity index (χ2n) is 7.87. The maximum atomic E-state index is 14.7. The predicted octanol–water partition coefficient (Wildman–Crippen LogP) is 3.11. The van der Waals surface area contributed by atoms with Gasteiger partial charge in [-0.1, -0.05) is 22.6 Å². The van der Waals surface area contributed by atoms with Crippen LogP contribution in [0.1, 0.15) is 10.4 Å². The van der Waals surface area contributed by atoms with Crippen molar-refractivity contribution in [3.05, 3.63) is 53.6 Å². The molecule has 0 bridgehead atoms. The fourth-order valence-electron chi connectivity index (χ4n) is 3.28. The predicted molar refractivity (Wildman–Crippen MR) is 141 cm³/mol. The van der Waals surface area contributed by atoms with Gasteiger partial charge in [-0.3, -0.25) is 10.1 Å². The van der Waals surface area contributed by atoms with Gasteiger partial charge in [-0.15, -0.1) is 0 Å². The van der Waals surface area contributed by atoms with Crippen LogP contribution < -0.4 is 26.4 Å². The molecule has 0 saturated heterocycles. The number of anilines is 3. The maximum absolute atomic E-state index is 14.7. The lowest BCUT2D eigenvalue weighted by molar-refractivity contribution is 0.0950. The molecule has 0 radical (unpaired) electrons. The molecule has 40 heavy (non-hydrogen) atoms. The summed E-state index contributed by atoms with van der Waals surface area (Å²) >= 11 is 0.926. The number of urea groups is 1. The van der Waals surface area contributed by atoms with Gasteiger partial charge in [0.2, 0.25) is 5.82 Å². The van der Waals surface area contributed by atoms with Crippen molar-refractivity contribution in [3.8, 4) is 27.9 Å². The van der Waals surface area contributed by atoms with Gasteiger partial charge in [-0.25, -0.2) is 18.6 Å². The highest BCUT2D eigenvalue weighted by molar-refractivity contribution is 7.19. The molecule has 2 heterocycles. The van der Waals surface area contributed by atoms with E-state index in [0.717, 1.165) is 17.4 Å². The Kier molecular flexibility index (Phi) is 9.15. The molecular weight excluding hydrogens is 552 g/mol. The van der Waals surface area contributed by atoms with Crippen molar-refractivity contribution in [2.45, 2.75) is 0 Å². The zero-order valence-electron chi connectivity index (χ0n) is 20.9. The number of nitrogens with zero attached hydrogens (tertiary/aromatic N) is 3. The second kappa shape index (κ2) is 12.9. The van der Waals surface area contributed by atoms with E-state index in [1.165, 1.54) is 19.2 Å². The Morgan fingerprint density at radius 1 is 1.12 bits per heavy atom. The molecule has 6 N–H and O–H groups in total. The summed E-state index contributed by atoms with van der Waals surface area (Å²) in [5.74, 6) is -2.63. The van der Waals surface area contributed by atoms with Crippen molar-refractivity contribution >= 4 is 39.9 Å². The van der Waals surface area contributed by atoms with Gasteiger partial charge in [-0.2, -0.15) is 4.98 Å². The number of carbonyl (C=O) groups is 2. The van der Waals surface area contributed by atoms with Crippen molar-refractivity contribution < 1.29 is 37.5 Å². The summed E-state index contributed by atoms with van der Waals surface area (Å²) in [7, 11) is 1.44. The highest BCUT2D eigenvalue weighted by Gasteiger charge is 2.22. The van der Waals surface area contributed by atoms with Crippen LogP contribution in [0.4, 0.5) is 30.2 Å². The fourth-order valence-corrected chi connectivity index (χ4v) is 4.08. The smallest absolute Gasteiger partial charge is 0.321 e. The zero-order valence-corrected chi connectivity index (χ0v) is 21.7. The van der Waals surface area contributed by atoms with Gasteiger partial charge < -0.3 is 35.5 Å². The molecule has 3 amide bonds. The van der Waals surface area contributed by atoms with E-state index in [4.69, 9.17) is 24.8 Å². The highest BCUT2D eigenvalue weighted by atomic mass is 32.1. The average molecular weight is 576 g/mol. The number of aromatic nitrogens is 3. The third-order valence-corrected chi connectivity index (χ3v) is 6.11. The number of carbonyl (C=O) groups excluding carboxylic acids is 2. The van der Waals surface area contributed by atoms with Crippen molar-refractivity contribution in [2.75, 3.05) is 49.8 Å². The van der Waals surface area contributed by atoms with Gasteiger partial charge >= 0.3 is 6.03 Å². The minimum absolute atomic E-state index is 0.0346. The van der Waals surface area contributed by atoms with Crippen LogP contribution in [0.5, 0.6) is 5.75 Å². The SMILES string of the molecule is COc1cccc(C(=O)Nc2cc(-c3noc(-c4sc(NC(=O)NCCOCCO)nc4N)n3)c(F)cc2F)c1. The monoisotopic (exact) mass is 575 g/mol. The van der Waals surface area contributed by atoms with Crippen molar-refractivity contribution in [1.82, 2.24) is 20.4 Å². The molecule has 210 valence electrons. The van der Waals surface area contributed by atoms with E-state index in [-0.39, 0.29) is 70.7 Å². The molecule has 13 nitrogen and oxygen atoms in total. The lowest BCUT2D eigenvalue weighted by Gasteiger charge is -2.09. The third-order valence-electron chi connectivity index (χ3n) is 5.14. The molecule has 0 atom stereocenters. The lowest BCUT2D eigenvalue weighted by atomic mass is 10.1. The van der Waals surface area contributed by atoms with Gasteiger partial charge in [0.1, 0.15) is 28.1 Å². The Morgan fingerprint density at radius 2 is 1.95 bits per heavy atom. The fraction of sp³-hybridized carbons (Fsp3) is 0.208. The summed E-state index contributed by atoms with van der Waals surface area (Å²) in [6.45, 7) is 0.428. The topological polar surface area (TPSA) is 187 Å². The van der Waals surface area contributed by atoms with Crippen LogP contribution >= 0.6 is 11.3 Å². The Bertz CT molecular complexity index is 1510. The maximum Gasteiger partial charge on any atom is 0.321 e. The minimum atomic E-state index is -1.01. The molecule has 0 aliphatic carbocycles. The van der Waals surface area contributed by atoms with Crippen LogP contribution in [0.25, 0.3) is 22.2 Å². The van der Waals surface area contributed by atoms with Gasteiger partial charge in [0, 0.05) is 18.2 Å². The van der Waals surface area contributed by atoms with E-state index in [1.54, 1.807) is 12.1 Å². The molecule has 2 aromatic heterocycles. The summed E-state index contributed by atoms with van der Waals surface area (Å²) in [4.78, 5) is 33.0. The van der Waals surface area contributed by atoms with E-state index < -0.39 is 23.6 Å². The molecule has 0 aliphatic rings. The van der Waals surface area contributed by atoms with Crippen molar-refractivity contribution in [1.29, 1.82) is 0 Å². The first-order chi connectivity index (χ1) is 19.3. The molecule has 0 unspecified atom stereocenters. The van der Waals surface area contributed by atoms with Crippen LogP contribution in [0.15, 0.2) is 40.9 Å². The number of nitrogens with one attached hydrogen (secondary N) is 3. The summed E-state index contributed by atoms with van der Waals surface area (Å²) in [6.07, 6.45) is 0. The first-order valence-electron chi connectivity index (χ1n) is 11.6. The van der Waals surface area contributed by atoms with E-state index in [9.17, 15) is 18.4 Å². The number of halogens is 2. The number of ether oxygens (including phenoxy) is 2. The van der Waals surface area contributed by atoms with Gasteiger partial charge in [0.05, 0.1) is 38.2 Å². The Balaban J connectivity index is 1.48. The van der Waals surface area contributed by atoms with Crippen molar-refractivity contribution in [2.24, 2.45) is 0 Å². The standard InChI is InChI=1S/C24H23F2N7O6S/c1-37-13-4-2-3-12(9-13)21(35)29-17-10-14(15(25)11-16(17)26)20-31-22(39-33-20)18-19(27)30-24(40-18)32-23(36)28-5-7-38-8-6-34/h2-4,9-11,34H,5-8,27H2,1H3,(H,29,35)(H2,28,30,32,36). The number of benzene rings is 2. The number of rotatable bonds is 11.